The topological polar surface area (TPSA) is 113 Å². The predicted molar refractivity (Wildman–Crippen MR) is 81.5 cm³/mol. The largest absolute Gasteiger partial charge is 0.393 e. The van der Waals surface area contributed by atoms with Crippen molar-refractivity contribution in [3.63, 3.8) is 0 Å². The highest BCUT2D eigenvalue weighted by atomic mass is 35.5. The first kappa shape index (κ1) is 16.1. The Morgan fingerprint density at radius 2 is 1.91 bits per heavy atom. The Balaban J connectivity index is 2.42. The van der Waals surface area contributed by atoms with Crippen LogP contribution in [0.3, 0.4) is 0 Å². The van der Waals surface area contributed by atoms with Crippen LogP contribution in [0.4, 0.5) is 11.4 Å². The Bertz CT molecular complexity index is 852. The monoisotopic (exact) mass is 342 g/mol. The molecule has 0 spiro atoms. The summed E-state index contributed by atoms with van der Waals surface area (Å²) in [6, 6.07) is 7.67. The molecule has 2 N–H and O–H groups in total. The molecule has 2 rings (SSSR count). The minimum absolute atomic E-state index is 0.0632. The van der Waals surface area contributed by atoms with Gasteiger partial charge in [-0.2, -0.15) is 8.42 Å². The van der Waals surface area contributed by atoms with Crippen LogP contribution >= 0.6 is 11.6 Å². The van der Waals surface area contributed by atoms with Crippen LogP contribution < -0.4 is 9.92 Å². The van der Waals surface area contributed by atoms with Crippen LogP contribution in [0.5, 0.6) is 5.75 Å². The van der Waals surface area contributed by atoms with Gasteiger partial charge in [0.25, 0.3) is 5.69 Å². The summed E-state index contributed by atoms with van der Waals surface area (Å²) in [6.45, 7) is 1.79. The van der Waals surface area contributed by atoms with Crippen LogP contribution in [0, 0.1) is 17.0 Å². The fraction of sp³-hybridized carbons (Fsp3) is 0.0769. The van der Waals surface area contributed by atoms with Crippen molar-refractivity contribution in [1.82, 2.24) is 0 Å². The van der Waals surface area contributed by atoms with E-state index in [2.05, 4.69) is 0 Å². The lowest BCUT2D eigenvalue weighted by Gasteiger charge is -2.09. The molecule has 0 heterocycles. The number of anilines is 1. The molecule has 116 valence electrons. The average Bonchev–Trinajstić information content (AvgIpc) is 2.42. The molecule has 0 aromatic heterocycles. The quantitative estimate of drug-likeness (QED) is 0.395. The van der Waals surface area contributed by atoms with Crippen molar-refractivity contribution >= 4 is 33.1 Å². The maximum absolute atomic E-state index is 12.2. The molecule has 0 saturated heterocycles. The number of nitrogens with zero attached hydrogens (tertiary/aromatic N) is 1. The fourth-order valence-corrected chi connectivity index (χ4v) is 2.96. The smallest absolute Gasteiger partial charge is 0.339 e. The molecule has 0 fully saturated rings. The normalized spacial score (nSPS) is 11.2. The number of nitro groups is 1. The fourth-order valence-electron chi connectivity index (χ4n) is 1.68. The second-order valence-electron chi connectivity index (χ2n) is 4.45. The van der Waals surface area contributed by atoms with Gasteiger partial charge in [0, 0.05) is 6.07 Å². The summed E-state index contributed by atoms with van der Waals surface area (Å²) in [5.41, 5.74) is 5.60. The molecule has 0 radical (unpaired) electrons. The van der Waals surface area contributed by atoms with Crippen molar-refractivity contribution in [2.24, 2.45) is 0 Å². The van der Waals surface area contributed by atoms with Crippen molar-refractivity contribution in [3.8, 4) is 5.75 Å². The van der Waals surface area contributed by atoms with E-state index in [1.807, 2.05) is 0 Å². The first-order valence-electron chi connectivity index (χ1n) is 5.95. The minimum Gasteiger partial charge on any atom is -0.393 e. The van der Waals surface area contributed by atoms with E-state index in [-0.39, 0.29) is 21.4 Å². The van der Waals surface area contributed by atoms with E-state index in [4.69, 9.17) is 21.5 Å². The summed E-state index contributed by atoms with van der Waals surface area (Å²) in [5, 5.41) is 10.9. The molecule has 0 aliphatic carbocycles. The van der Waals surface area contributed by atoms with E-state index in [0.29, 0.717) is 0 Å². The Kier molecular flexibility index (Phi) is 4.25. The zero-order chi connectivity index (χ0) is 16.5. The van der Waals surface area contributed by atoms with Gasteiger partial charge in [0.05, 0.1) is 9.95 Å². The van der Waals surface area contributed by atoms with E-state index in [0.717, 1.165) is 23.8 Å². The lowest BCUT2D eigenvalue weighted by atomic mass is 10.2. The molecule has 0 aliphatic rings. The molecular formula is C13H11ClN2O5S. The molecule has 2 aromatic carbocycles. The van der Waals surface area contributed by atoms with Crippen LogP contribution in [0.15, 0.2) is 41.3 Å². The number of benzene rings is 2. The third kappa shape index (κ3) is 3.29. The maximum atomic E-state index is 12.2. The number of nitrogen functional groups attached to an aromatic ring is 1. The van der Waals surface area contributed by atoms with Crippen LogP contribution in [0.2, 0.25) is 5.02 Å². The highest BCUT2D eigenvalue weighted by molar-refractivity contribution is 7.87. The minimum atomic E-state index is -4.27. The van der Waals surface area contributed by atoms with E-state index < -0.39 is 20.7 Å². The van der Waals surface area contributed by atoms with Gasteiger partial charge in [0.1, 0.15) is 10.6 Å². The number of halogens is 1. The summed E-state index contributed by atoms with van der Waals surface area (Å²) < 4.78 is 29.3. The Hall–Kier alpha value is -2.32. The molecule has 2 aromatic rings. The number of nitro benzene ring substituents is 1. The molecule has 0 atom stereocenters. The molecule has 0 bridgehead atoms. The molecule has 0 amide bonds. The predicted octanol–water partition coefficient (Wildman–Crippen LogP) is 2.91. The number of nitrogens with two attached hydrogens (primary N) is 1. The molecular weight excluding hydrogens is 332 g/mol. The van der Waals surface area contributed by atoms with Gasteiger partial charge >= 0.3 is 10.1 Å². The number of hydrogen-bond acceptors (Lipinski definition) is 6. The highest BCUT2D eigenvalue weighted by Gasteiger charge is 2.23. The van der Waals surface area contributed by atoms with Gasteiger partial charge in [0.2, 0.25) is 0 Å². The number of rotatable bonds is 4. The molecule has 0 aliphatic heterocycles. The Morgan fingerprint density at radius 3 is 2.50 bits per heavy atom. The second-order valence-corrected chi connectivity index (χ2v) is 6.40. The first-order chi connectivity index (χ1) is 10.2. The van der Waals surface area contributed by atoms with E-state index in [1.165, 1.54) is 12.1 Å². The van der Waals surface area contributed by atoms with Crippen LogP contribution in [-0.2, 0) is 10.1 Å². The second kappa shape index (κ2) is 5.82. The zero-order valence-electron chi connectivity index (χ0n) is 11.3. The van der Waals surface area contributed by atoms with E-state index in [9.17, 15) is 18.5 Å². The Morgan fingerprint density at radius 1 is 1.23 bits per heavy atom. The van der Waals surface area contributed by atoms with Crippen LogP contribution in [-0.4, -0.2) is 13.3 Å². The summed E-state index contributed by atoms with van der Waals surface area (Å²) in [6.07, 6.45) is 0. The SMILES string of the molecule is Cc1ccc(OS(=O)(=O)c2ccc(N)c([N+](=O)[O-])c2)c(Cl)c1. The maximum Gasteiger partial charge on any atom is 0.339 e. The standard InChI is InChI=1S/C13H11ClN2O5S/c1-8-2-5-13(10(14)6-8)21-22(19,20)9-3-4-11(15)12(7-9)16(17)18/h2-7H,15H2,1H3. The van der Waals surface area contributed by atoms with Gasteiger partial charge in [-0.15, -0.1) is 0 Å². The summed E-state index contributed by atoms with van der Waals surface area (Å²) in [4.78, 5) is 9.66. The van der Waals surface area contributed by atoms with Crippen LogP contribution in [0.25, 0.3) is 0 Å². The Labute approximate surface area is 131 Å². The first-order valence-corrected chi connectivity index (χ1v) is 7.74. The van der Waals surface area contributed by atoms with Gasteiger partial charge in [-0.25, -0.2) is 0 Å². The van der Waals surface area contributed by atoms with Crippen molar-refractivity contribution in [2.45, 2.75) is 11.8 Å². The van der Waals surface area contributed by atoms with Crippen molar-refractivity contribution in [3.05, 3.63) is 57.1 Å². The van der Waals surface area contributed by atoms with Crippen LogP contribution in [0.1, 0.15) is 5.56 Å². The van der Waals surface area contributed by atoms with Crippen molar-refractivity contribution < 1.29 is 17.5 Å². The van der Waals surface area contributed by atoms with Gasteiger partial charge in [-0.3, -0.25) is 10.1 Å². The third-order valence-corrected chi connectivity index (χ3v) is 4.30. The summed E-state index contributed by atoms with van der Waals surface area (Å²) in [7, 11) is -4.27. The van der Waals surface area contributed by atoms with Crippen molar-refractivity contribution in [2.75, 3.05) is 5.73 Å². The molecule has 0 unspecified atom stereocenters. The molecule has 22 heavy (non-hydrogen) atoms. The van der Waals surface area contributed by atoms with Gasteiger partial charge < -0.3 is 9.92 Å². The molecule has 0 saturated carbocycles. The lowest BCUT2D eigenvalue weighted by Crippen LogP contribution is -2.11. The highest BCUT2D eigenvalue weighted by Crippen LogP contribution is 2.30. The average molecular weight is 343 g/mol. The number of hydrogen-bond donors (Lipinski definition) is 1. The van der Waals surface area contributed by atoms with Gasteiger partial charge in [0.15, 0.2) is 5.75 Å². The van der Waals surface area contributed by atoms with Gasteiger partial charge in [-0.1, -0.05) is 17.7 Å². The number of aryl methyl sites for hydroxylation is 1. The van der Waals surface area contributed by atoms with E-state index >= 15 is 0 Å². The zero-order valence-corrected chi connectivity index (χ0v) is 12.9. The molecule has 7 nitrogen and oxygen atoms in total. The van der Waals surface area contributed by atoms with Gasteiger partial charge in [-0.05, 0) is 36.8 Å². The third-order valence-electron chi connectivity index (χ3n) is 2.77. The van der Waals surface area contributed by atoms with Crippen molar-refractivity contribution in [1.29, 1.82) is 0 Å². The summed E-state index contributed by atoms with van der Waals surface area (Å²) >= 11 is 5.91. The van der Waals surface area contributed by atoms with E-state index in [1.54, 1.807) is 13.0 Å². The summed E-state index contributed by atoms with van der Waals surface area (Å²) in [5.74, 6) is -0.0632. The molecule has 9 heteroatoms. The lowest BCUT2D eigenvalue weighted by molar-refractivity contribution is -0.384.